The first-order valence-electron chi connectivity index (χ1n) is 9.58. The third kappa shape index (κ3) is 3.42. The number of rotatable bonds is 5. The molecule has 0 bridgehead atoms. The normalized spacial score (nSPS) is 17.1. The molecule has 1 saturated heterocycles. The highest BCUT2D eigenvalue weighted by atomic mass is 79.9. The smallest absolute Gasteiger partial charge is 0.230 e. The molecule has 1 fully saturated rings. The Kier molecular flexibility index (Phi) is 4.59. The summed E-state index contributed by atoms with van der Waals surface area (Å²) in [6.07, 6.45) is 2.84. The summed E-state index contributed by atoms with van der Waals surface area (Å²) in [5, 5.41) is 7.78. The van der Waals surface area contributed by atoms with Crippen LogP contribution >= 0.6 is 15.9 Å². The number of anilines is 2. The summed E-state index contributed by atoms with van der Waals surface area (Å²) >= 11 is 3.55. The fraction of sp³-hybridized carbons (Fsp3) is 0.368. The quantitative estimate of drug-likeness (QED) is 0.477. The van der Waals surface area contributed by atoms with Gasteiger partial charge in [0.1, 0.15) is 5.82 Å². The van der Waals surface area contributed by atoms with Crippen molar-refractivity contribution in [2.24, 2.45) is 0 Å². The van der Waals surface area contributed by atoms with E-state index in [2.05, 4.69) is 60.2 Å². The SMILES string of the molecule is CN(C)[C@@H]1CCN(c2nc(NCc3nc4ccccc4[nH]3)n3ncc(Br)c3n2)C1. The molecule has 1 aliphatic heterocycles. The number of para-hydroxylation sites is 2. The Balaban J connectivity index is 1.44. The van der Waals surface area contributed by atoms with E-state index in [1.54, 1.807) is 10.7 Å². The van der Waals surface area contributed by atoms with E-state index in [4.69, 9.17) is 9.97 Å². The number of halogens is 1. The van der Waals surface area contributed by atoms with Gasteiger partial charge in [0.05, 0.1) is 28.2 Å². The number of likely N-dealkylation sites (N-methyl/N-ethyl adjacent to an activating group) is 1. The van der Waals surface area contributed by atoms with E-state index in [-0.39, 0.29) is 0 Å². The number of benzene rings is 1. The lowest BCUT2D eigenvalue weighted by Crippen LogP contribution is -2.32. The molecule has 4 heterocycles. The average Bonchev–Trinajstić information content (AvgIpc) is 3.44. The number of nitrogens with zero attached hydrogens (tertiary/aromatic N) is 7. The first-order valence-corrected chi connectivity index (χ1v) is 10.4. The van der Waals surface area contributed by atoms with Crippen molar-refractivity contribution >= 4 is 44.5 Å². The lowest BCUT2D eigenvalue weighted by atomic mass is 10.2. The van der Waals surface area contributed by atoms with Crippen LogP contribution in [0.4, 0.5) is 11.9 Å². The third-order valence-electron chi connectivity index (χ3n) is 5.34. The molecule has 10 heteroatoms. The molecule has 0 aliphatic carbocycles. The molecule has 0 amide bonds. The van der Waals surface area contributed by atoms with Crippen molar-refractivity contribution < 1.29 is 0 Å². The van der Waals surface area contributed by atoms with E-state index >= 15 is 0 Å². The molecule has 1 atom stereocenters. The van der Waals surface area contributed by atoms with Gasteiger partial charge in [-0.15, -0.1) is 0 Å². The largest absolute Gasteiger partial charge is 0.347 e. The van der Waals surface area contributed by atoms with E-state index in [1.807, 2.05) is 24.3 Å². The van der Waals surface area contributed by atoms with Crippen molar-refractivity contribution in [1.29, 1.82) is 0 Å². The fourth-order valence-corrected chi connectivity index (χ4v) is 4.04. The Morgan fingerprint density at radius 3 is 2.90 bits per heavy atom. The Morgan fingerprint density at radius 1 is 1.24 bits per heavy atom. The van der Waals surface area contributed by atoms with Gasteiger partial charge in [-0.2, -0.15) is 19.6 Å². The van der Waals surface area contributed by atoms with Crippen molar-refractivity contribution in [3.63, 3.8) is 0 Å². The van der Waals surface area contributed by atoms with E-state index in [0.29, 0.717) is 18.5 Å². The van der Waals surface area contributed by atoms with E-state index in [9.17, 15) is 0 Å². The Hall–Kier alpha value is -2.72. The molecule has 9 nitrogen and oxygen atoms in total. The van der Waals surface area contributed by atoms with Crippen LogP contribution in [0.2, 0.25) is 0 Å². The Labute approximate surface area is 176 Å². The number of nitrogens with one attached hydrogen (secondary N) is 2. The minimum absolute atomic E-state index is 0.509. The number of fused-ring (bicyclic) bond motifs is 2. The van der Waals surface area contributed by atoms with Crippen LogP contribution in [-0.2, 0) is 6.54 Å². The van der Waals surface area contributed by atoms with Crippen LogP contribution in [0, 0.1) is 0 Å². The molecule has 3 aromatic heterocycles. The van der Waals surface area contributed by atoms with E-state index in [1.165, 1.54) is 0 Å². The second-order valence-corrected chi connectivity index (χ2v) is 8.34. The molecule has 5 rings (SSSR count). The molecule has 1 aliphatic rings. The summed E-state index contributed by atoms with van der Waals surface area (Å²) in [5.74, 6) is 2.21. The maximum Gasteiger partial charge on any atom is 0.230 e. The molecular formula is C19H22BrN9. The van der Waals surface area contributed by atoms with Crippen molar-refractivity contribution in [1.82, 2.24) is 34.4 Å². The molecule has 1 aromatic carbocycles. The minimum Gasteiger partial charge on any atom is -0.347 e. The molecule has 0 radical (unpaired) electrons. The highest BCUT2D eigenvalue weighted by Gasteiger charge is 2.27. The molecule has 29 heavy (non-hydrogen) atoms. The fourth-order valence-electron chi connectivity index (χ4n) is 3.69. The van der Waals surface area contributed by atoms with Crippen LogP contribution in [-0.4, -0.2) is 67.7 Å². The van der Waals surface area contributed by atoms with Gasteiger partial charge in [0.25, 0.3) is 0 Å². The highest BCUT2D eigenvalue weighted by Crippen LogP contribution is 2.25. The van der Waals surface area contributed by atoms with Crippen molar-refractivity contribution in [3.05, 3.63) is 40.8 Å². The van der Waals surface area contributed by atoms with Gasteiger partial charge in [0, 0.05) is 19.1 Å². The molecule has 150 valence electrons. The maximum atomic E-state index is 4.78. The molecule has 0 spiro atoms. The molecule has 2 N–H and O–H groups in total. The molecule has 0 saturated carbocycles. The third-order valence-corrected chi connectivity index (χ3v) is 5.90. The molecule has 0 unspecified atom stereocenters. The standard InChI is InChI=1S/C19H22BrN9/c1-27(2)12-7-8-28(11-12)19-25-17-13(20)9-22-29(17)18(26-19)21-10-16-23-14-5-3-4-6-15(14)24-16/h3-6,9,12H,7-8,10-11H2,1-2H3,(H,23,24)(H,21,25,26)/t12-/m1/s1. The number of hydrogen-bond acceptors (Lipinski definition) is 7. The predicted octanol–water partition coefficient (Wildman–Crippen LogP) is 2.52. The van der Waals surface area contributed by atoms with Gasteiger partial charge < -0.3 is 20.1 Å². The van der Waals surface area contributed by atoms with Gasteiger partial charge in [-0.05, 0) is 48.6 Å². The van der Waals surface area contributed by atoms with Crippen LogP contribution in [0.1, 0.15) is 12.2 Å². The van der Waals surface area contributed by atoms with Gasteiger partial charge in [-0.3, -0.25) is 0 Å². The number of aromatic nitrogens is 6. The van der Waals surface area contributed by atoms with Crippen LogP contribution in [0.3, 0.4) is 0 Å². The summed E-state index contributed by atoms with van der Waals surface area (Å²) in [7, 11) is 4.23. The number of imidazole rings is 1. The minimum atomic E-state index is 0.509. The summed E-state index contributed by atoms with van der Waals surface area (Å²) < 4.78 is 2.56. The Morgan fingerprint density at radius 2 is 2.10 bits per heavy atom. The van der Waals surface area contributed by atoms with Crippen LogP contribution in [0.5, 0.6) is 0 Å². The zero-order chi connectivity index (χ0) is 20.0. The van der Waals surface area contributed by atoms with Gasteiger partial charge in [0.15, 0.2) is 5.65 Å². The van der Waals surface area contributed by atoms with Gasteiger partial charge in [-0.25, -0.2) is 4.98 Å². The van der Waals surface area contributed by atoms with Gasteiger partial charge in [0.2, 0.25) is 11.9 Å². The van der Waals surface area contributed by atoms with Crippen molar-refractivity contribution in [3.8, 4) is 0 Å². The van der Waals surface area contributed by atoms with Crippen LogP contribution in [0.25, 0.3) is 16.7 Å². The van der Waals surface area contributed by atoms with E-state index in [0.717, 1.165) is 52.4 Å². The van der Waals surface area contributed by atoms with Crippen LogP contribution in [0.15, 0.2) is 34.9 Å². The average molecular weight is 456 g/mol. The summed E-state index contributed by atoms with van der Waals surface area (Å²) in [4.78, 5) is 22.0. The second-order valence-electron chi connectivity index (χ2n) is 7.48. The molecular weight excluding hydrogens is 434 g/mol. The number of hydrogen-bond donors (Lipinski definition) is 2. The van der Waals surface area contributed by atoms with Crippen LogP contribution < -0.4 is 10.2 Å². The zero-order valence-corrected chi connectivity index (χ0v) is 17.9. The Bertz CT molecular complexity index is 1130. The highest BCUT2D eigenvalue weighted by molar-refractivity contribution is 9.10. The number of aromatic amines is 1. The monoisotopic (exact) mass is 455 g/mol. The predicted molar refractivity (Wildman–Crippen MR) is 116 cm³/mol. The lowest BCUT2D eigenvalue weighted by molar-refractivity contribution is 0.315. The van der Waals surface area contributed by atoms with Crippen molar-refractivity contribution in [2.45, 2.75) is 19.0 Å². The lowest BCUT2D eigenvalue weighted by Gasteiger charge is -2.21. The molecule has 4 aromatic rings. The van der Waals surface area contributed by atoms with Crippen molar-refractivity contribution in [2.75, 3.05) is 37.4 Å². The van der Waals surface area contributed by atoms with Gasteiger partial charge in [-0.1, -0.05) is 12.1 Å². The summed E-state index contributed by atoms with van der Waals surface area (Å²) in [6, 6.07) is 8.51. The summed E-state index contributed by atoms with van der Waals surface area (Å²) in [5.41, 5.74) is 2.72. The van der Waals surface area contributed by atoms with Gasteiger partial charge >= 0.3 is 0 Å². The second kappa shape index (κ2) is 7.27. The number of H-pyrrole nitrogens is 1. The first kappa shape index (κ1) is 18.3. The zero-order valence-electron chi connectivity index (χ0n) is 16.3. The van der Waals surface area contributed by atoms with E-state index < -0.39 is 0 Å². The maximum absolute atomic E-state index is 4.78. The summed E-state index contributed by atoms with van der Waals surface area (Å²) in [6.45, 7) is 2.36. The first-order chi connectivity index (χ1) is 14.1. The topological polar surface area (TPSA) is 90.3 Å².